The largest absolute Gasteiger partial charge is 0.462 e. The third kappa shape index (κ3) is 3.41. The highest BCUT2D eigenvalue weighted by Crippen LogP contribution is 1.98. The lowest BCUT2D eigenvalue weighted by molar-refractivity contribution is -0.148. The number of carbonyl (C=O) groups is 2. The monoisotopic (exact) mass is 211 g/mol. The molecule has 0 saturated carbocycles. The summed E-state index contributed by atoms with van der Waals surface area (Å²) in [6.07, 6.45) is 2.55. The van der Waals surface area contributed by atoms with Crippen molar-refractivity contribution in [3.05, 3.63) is 18.0 Å². The number of amides is 1. The van der Waals surface area contributed by atoms with Crippen LogP contribution in [-0.4, -0.2) is 27.8 Å². The number of rotatable bonds is 4. The first kappa shape index (κ1) is 11.2. The van der Waals surface area contributed by atoms with Crippen LogP contribution in [0.1, 0.15) is 24.2 Å². The molecule has 0 bridgehead atoms. The van der Waals surface area contributed by atoms with Gasteiger partial charge in [0, 0.05) is 6.20 Å². The van der Waals surface area contributed by atoms with Gasteiger partial charge in [-0.3, -0.25) is 14.3 Å². The second kappa shape index (κ2) is 4.59. The maximum absolute atomic E-state index is 11.2. The second-order valence-corrected chi connectivity index (χ2v) is 3.33. The van der Waals surface area contributed by atoms with Crippen LogP contribution in [0.25, 0.3) is 0 Å². The molecule has 0 radical (unpaired) electrons. The average Bonchev–Trinajstić information content (AvgIpc) is 2.50. The number of aromatic nitrogens is 2. The van der Waals surface area contributed by atoms with Crippen molar-refractivity contribution in [3.63, 3.8) is 0 Å². The fourth-order valence-corrected chi connectivity index (χ4v) is 1.01. The van der Waals surface area contributed by atoms with Gasteiger partial charge >= 0.3 is 5.97 Å². The minimum absolute atomic E-state index is 0.0224. The molecule has 0 aromatic carbocycles. The molecule has 0 aliphatic rings. The zero-order valence-corrected chi connectivity index (χ0v) is 8.64. The van der Waals surface area contributed by atoms with Gasteiger partial charge in [0.2, 0.25) is 0 Å². The Kier molecular flexibility index (Phi) is 3.43. The summed E-state index contributed by atoms with van der Waals surface area (Å²) < 4.78 is 6.22. The van der Waals surface area contributed by atoms with Crippen LogP contribution in [-0.2, 0) is 16.1 Å². The predicted molar refractivity (Wildman–Crippen MR) is 52.0 cm³/mol. The normalized spacial score (nSPS) is 10.3. The molecule has 6 nitrogen and oxygen atoms in total. The number of carbonyl (C=O) groups excluding carboxylic acids is 2. The standard InChI is InChI=1S/C9H13N3O3/c1-6(2)15-8(13)5-12-4-7(3-11-12)9(10)14/h3-4,6H,5H2,1-2H3,(H2,10,14). The van der Waals surface area contributed by atoms with Gasteiger partial charge in [0.25, 0.3) is 5.91 Å². The molecular weight excluding hydrogens is 198 g/mol. The van der Waals surface area contributed by atoms with E-state index in [-0.39, 0.29) is 18.2 Å². The summed E-state index contributed by atoms with van der Waals surface area (Å²) in [5.41, 5.74) is 5.30. The van der Waals surface area contributed by atoms with Gasteiger partial charge in [0.1, 0.15) is 6.54 Å². The highest BCUT2D eigenvalue weighted by atomic mass is 16.5. The van der Waals surface area contributed by atoms with E-state index in [0.717, 1.165) is 0 Å². The predicted octanol–water partition coefficient (Wildman–Crippen LogP) is -0.0664. The molecule has 0 spiro atoms. The van der Waals surface area contributed by atoms with E-state index in [4.69, 9.17) is 10.5 Å². The summed E-state index contributed by atoms with van der Waals surface area (Å²) in [4.78, 5) is 21.9. The van der Waals surface area contributed by atoms with Crippen molar-refractivity contribution < 1.29 is 14.3 Å². The molecule has 82 valence electrons. The molecule has 1 rings (SSSR count). The number of nitrogens with two attached hydrogens (primary N) is 1. The van der Waals surface area contributed by atoms with Crippen molar-refractivity contribution >= 4 is 11.9 Å². The summed E-state index contributed by atoms with van der Waals surface area (Å²) in [5, 5.41) is 3.80. The van der Waals surface area contributed by atoms with Gasteiger partial charge in [0.05, 0.1) is 17.9 Å². The van der Waals surface area contributed by atoms with E-state index in [2.05, 4.69) is 5.10 Å². The molecule has 1 amide bonds. The molecular formula is C9H13N3O3. The second-order valence-electron chi connectivity index (χ2n) is 3.33. The van der Waals surface area contributed by atoms with E-state index < -0.39 is 11.9 Å². The van der Waals surface area contributed by atoms with Gasteiger partial charge in [0.15, 0.2) is 0 Å². The number of esters is 1. The molecule has 0 fully saturated rings. The van der Waals surface area contributed by atoms with E-state index in [1.165, 1.54) is 17.1 Å². The van der Waals surface area contributed by atoms with Crippen molar-refractivity contribution in [3.8, 4) is 0 Å². The zero-order chi connectivity index (χ0) is 11.4. The van der Waals surface area contributed by atoms with Gasteiger partial charge in [-0.1, -0.05) is 0 Å². The fraction of sp³-hybridized carbons (Fsp3) is 0.444. The Balaban J connectivity index is 2.57. The molecule has 0 atom stereocenters. The van der Waals surface area contributed by atoms with E-state index in [1.54, 1.807) is 13.8 Å². The van der Waals surface area contributed by atoms with Crippen LogP contribution in [0.15, 0.2) is 12.4 Å². The first-order valence-corrected chi connectivity index (χ1v) is 4.50. The Morgan fingerprint density at radius 3 is 2.73 bits per heavy atom. The molecule has 1 aromatic heterocycles. The van der Waals surface area contributed by atoms with Gasteiger partial charge < -0.3 is 10.5 Å². The third-order valence-electron chi connectivity index (χ3n) is 1.58. The van der Waals surface area contributed by atoms with Gasteiger partial charge in [-0.05, 0) is 13.8 Å². The number of hydrogen-bond donors (Lipinski definition) is 1. The van der Waals surface area contributed by atoms with Crippen LogP contribution in [0.5, 0.6) is 0 Å². The van der Waals surface area contributed by atoms with Crippen molar-refractivity contribution in [2.45, 2.75) is 26.5 Å². The molecule has 6 heteroatoms. The Morgan fingerprint density at radius 2 is 2.27 bits per heavy atom. The van der Waals surface area contributed by atoms with E-state index in [1.807, 2.05) is 0 Å². The van der Waals surface area contributed by atoms with E-state index in [9.17, 15) is 9.59 Å². The Labute approximate surface area is 87.0 Å². The third-order valence-corrected chi connectivity index (χ3v) is 1.58. The quantitative estimate of drug-likeness (QED) is 0.706. The van der Waals surface area contributed by atoms with Gasteiger partial charge in [-0.25, -0.2) is 0 Å². The Bertz CT molecular complexity index is 370. The highest BCUT2D eigenvalue weighted by molar-refractivity contribution is 5.92. The molecule has 0 unspecified atom stereocenters. The minimum atomic E-state index is -0.571. The molecule has 0 aliphatic heterocycles. The summed E-state index contributed by atoms with van der Waals surface area (Å²) in [6, 6.07) is 0. The van der Waals surface area contributed by atoms with Crippen LogP contribution in [0.4, 0.5) is 0 Å². The summed E-state index contributed by atoms with van der Waals surface area (Å²) in [7, 11) is 0. The summed E-state index contributed by atoms with van der Waals surface area (Å²) >= 11 is 0. The maximum atomic E-state index is 11.2. The molecule has 0 aliphatic carbocycles. The van der Waals surface area contributed by atoms with Gasteiger partial charge in [-0.15, -0.1) is 0 Å². The first-order chi connectivity index (χ1) is 6.99. The highest BCUT2D eigenvalue weighted by Gasteiger charge is 2.09. The van der Waals surface area contributed by atoms with Crippen LogP contribution in [0.3, 0.4) is 0 Å². The lowest BCUT2D eigenvalue weighted by atomic mass is 10.3. The summed E-state index contributed by atoms with van der Waals surface area (Å²) in [6.45, 7) is 3.50. The van der Waals surface area contributed by atoms with Crippen LogP contribution < -0.4 is 5.73 Å². The smallest absolute Gasteiger partial charge is 0.328 e. The first-order valence-electron chi connectivity index (χ1n) is 4.50. The fourth-order valence-electron chi connectivity index (χ4n) is 1.01. The number of ether oxygens (including phenoxy) is 1. The number of primary amides is 1. The van der Waals surface area contributed by atoms with Crippen LogP contribution in [0.2, 0.25) is 0 Å². The van der Waals surface area contributed by atoms with Crippen molar-refractivity contribution in [2.24, 2.45) is 5.73 Å². The summed E-state index contributed by atoms with van der Waals surface area (Å²) in [5.74, 6) is -0.970. The molecule has 1 aromatic rings. The Morgan fingerprint density at radius 1 is 1.60 bits per heavy atom. The van der Waals surface area contributed by atoms with E-state index in [0.29, 0.717) is 0 Å². The lowest BCUT2D eigenvalue weighted by Gasteiger charge is -2.07. The van der Waals surface area contributed by atoms with Gasteiger partial charge in [-0.2, -0.15) is 5.10 Å². The van der Waals surface area contributed by atoms with E-state index >= 15 is 0 Å². The maximum Gasteiger partial charge on any atom is 0.328 e. The molecule has 0 saturated heterocycles. The lowest BCUT2D eigenvalue weighted by Crippen LogP contribution is -2.18. The van der Waals surface area contributed by atoms with Crippen LogP contribution in [0, 0.1) is 0 Å². The molecule has 1 heterocycles. The number of hydrogen-bond acceptors (Lipinski definition) is 4. The van der Waals surface area contributed by atoms with Crippen molar-refractivity contribution in [2.75, 3.05) is 0 Å². The van der Waals surface area contributed by atoms with Crippen molar-refractivity contribution in [1.82, 2.24) is 9.78 Å². The molecule has 15 heavy (non-hydrogen) atoms. The van der Waals surface area contributed by atoms with Crippen LogP contribution >= 0.6 is 0 Å². The Hall–Kier alpha value is -1.85. The number of nitrogens with zero attached hydrogens (tertiary/aromatic N) is 2. The molecule has 2 N–H and O–H groups in total. The van der Waals surface area contributed by atoms with Crippen molar-refractivity contribution in [1.29, 1.82) is 0 Å². The zero-order valence-electron chi connectivity index (χ0n) is 8.64. The minimum Gasteiger partial charge on any atom is -0.462 e. The SMILES string of the molecule is CC(C)OC(=O)Cn1cc(C(N)=O)cn1. The topological polar surface area (TPSA) is 87.2 Å². The average molecular weight is 211 g/mol.